The second-order valence-electron chi connectivity index (χ2n) is 4.68. The Kier molecular flexibility index (Phi) is 6.14. The van der Waals surface area contributed by atoms with E-state index in [-0.39, 0.29) is 5.91 Å². The molecule has 0 bridgehead atoms. The standard InChI is InChI=1S/C14H20ClNO2S/c15-6-9-18-8-3-7-16-14(17)13-10-11-4-1-2-5-12(11)19-13/h10H,1-9H2,(H,16,17). The Balaban J connectivity index is 1.72. The van der Waals surface area contributed by atoms with Gasteiger partial charge in [0.25, 0.3) is 5.91 Å². The molecular weight excluding hydrogens is 282 g/mol. The molecule has 1 aliphatic carbocycles. The van der Waals surface area contributed by atoms with Gasteiger partial charge in [-0.1, -0.05) is 0 Å². The number of aryl methyl sites for hydroxylation is 2. The normalized spacial score (nSPS) is 14.2. The molecular formula is C14H20ClNO2S. The number of hydrogen-bond acceptors (Lipinski definition) is 3. The van der Waals surface area contributed by atoms with E-state index in [9.17, 15) is 4.79 Å². The van der Waals surface area contributed by atoms with Crippen molar-refractivity contribution < 1.29 is 9.53 Å². The number of hydrogen-bond donors (Lipinski definition) is 1. The van der Waals surface area contributed by atoms with Crippen LogP contribution < -0.4 is 5.32 Å². The largest absolute Gasteiger partial charge is 0.380 e. The minimum Gasteiger partial charge on any atom is -0.380 e. The van der Waals surface area contributed by atoms with Gasteiger partial charge in [-0.2, -0.15) is 0 Å². The second kappa shape index (κ2) is 7.88. The zero-order valence-corrected chi connectivity index (χ0v) is 12.6. The number of nitrogens with one attached hydrogen (secondary N) is 1. The van der Waals surface area contributed by atoms with E-state index in [0.717, 1.165) is 24.1 Å². The molecule has 1 N–H and O–H groups in total. The maximum Gasteiger partial charge on any atom is 0.261 e. The van der Waals surface area contributed by atoms with Crippen LogP contribution in [-0.4, -0.2) is 31.5 Å². The molecule has 0 aliphatic heterocycles. The number of thiophene rings is 1. The fourth-order valence-corrected chi connectivity index (χ4v) is 3.50. The average molecular weight is 302 g/mol. The molecule has 0 aromatic carbocycles. The molecule has 0 radical (unpaired) electrons. The molecule has 0 fully saturated rings. The zero-order valence-electron chi connectivity index (χ0n) is 11.0. The number of amides is 1. The van der Waals surface area contributed by atoms with E-state index in [4.69, 9.17) is 16.3 Å². The van der Waals surface area contributed by atoms with Gasteiger partial charge in [-0.15, -0.1) is 22.9 Å². The van der Waals surface area contributed by atoms with Crippen molar-refractivity contribution in [2.75, 3.05) is 25.6 Å². The fraction of sp³-hybridized carbons (Fsp3) is 0.643. The van der Waals surface area contributed by atoms with Crippen molar-refractivity contribution in [1.82, 2.24) is 5.32 Å². The van der Waals surface area contributed by atoms with E-state index in [1.807, 2.05) is 0 Å². The van der Waals surface area contributed by atoms with Gasteiger partial charge >= 0.3 is 0 Å². The van der Waals surface area contributed by atoms with Crippen molar-refractivity contribution in [2.24, 2.45) is 0 Å². The van der Waals surface area contributed by atoms with E-state index < -0.39 is 0 Å². The third kappa shape index (κ3) is 4.48. The van der Waals surface area contributed by atoms with Gasteiger partial charge in [0, 0.05) is 23.9 Å². The van der Waals surface area contributed by atoms with Crippen LogP contribution >= 0.6 is 22.9 Å². The Labute approximate surface area is 123 Å². The molecule has 1 heterocycles. The summed E-state index contributed by atoms with van der Waals surface area (Å²) in [5, 5.41) is 2.94. The first-order chi connectivity index (χ1) is 9.31. The minimum atomic E-state index is 0.0525. The Bertz CT molecular complexity index is 396. The topological polar surface area (TPSA) is 38.3 Å². The molecule has 1 aromatic rings. The molecule has 0 spiro atoms. The van der Waals surface area contributed by atoms with Crippen LogP contribution in [0.1, 0.15) is 39.4 Å². The molecule has 0 saturated heterocycles. The van der Waals surface area contributed by atoms with E-state index >= 15 is 0 Å². The van der Waals surface area contributed by atoms with Gasteiger partial charge in [0.05, 0.1) is 11.5 Å². The lowest BCUT2D eigenvalue weighted by Crippen LogP contribution is -2.24. The summed E-state index contributed by atoms with van der Waals surface area (Å²) in [6.07, 6.45) is 5.60. The zero-order chi connectivity index (χ0) is 13.5. The lowest BCUT2D eigenvalue weighted by molar-refractivity contribution is 0.0948. The van der Waals surface area contributed by atoms with Gasteiger partial charge in [0.2, 0.25) is 0 Å². The monoisotopic (exact) mass is 301 g/mol. The smallest absolute Gasteiger partial charge is 0.261 e. The highest BCUT2D eigenvalue weighted by atomic mass is 35.5. The maximum absolute atomic E-state index is 12.0. The summed E-state index contributed by atoms with van der Waals surface area (Å²) >= 11 is 7.16. The summed E-state index contributed by atoms with van der Waals surface area (Å²) in [5.74, 6) is 0.573. The van der Waals surface area contributed by atoms with Crippen molar-refractivity contribution in [3.63, 3.8) is 0 Å². The summed E-state index contributed by atoms with van der Waals surface area (Å²) in [5.41, 5.74) is 1.38. The first-order valence-electron chi connectivity index (χ1n) is 6.84. The number of alkyl halides is 1. The summed E-state index contributed by atoms with van der Waals surface area (Å²) in [6, 6.07) is 2.07. The van der Waals surface area contributed by atoms with Crippen LogP contribution in [0.5, 0.6) is 0 Å². The first kappa shape index (κ1) is 14.8. The van der Waals surface area contributed by atoms with E-state index in [0.29, 0.717) is 25.6 Å². The lowest BCUT2D eigenvalue weighted by atomic mass is 9.99. The quantitative estimate of drug-likeness (QED) is 0.621. The highest BCUT2D eigenvalue weighted by Gasteiger charge is 2.16. The average Bonchev–Trinajstić information content (AvgIpc) is 2.86. The third-order valence-electron chi connectivity index (χ3n) is 3.19. The van der Waals surface area contributed by atoms with Crippen molar-refractivity contribution in [2.45, 2.75) is 32.1 Å². The molecule has 5 heteroatoms. The van der Waals surface area contributed by atoms with Crippen LogP contribution in [0.4, 0.5) is 0 Å². The third-order valence-corrected chi connectivity index (χ3v) is 4.58. The van der Waals surface area contributed by atoms with Crippen molar-refractivity contribution in [3.8, 4) is 0 Å². The molecule has 1 aromatic heterocycles. The number of carbonyl (C=O) groups is 1. The predicted octanol–water partition coefficient (Wildman–Crippen LogP) is 3.00. The van der Waals surface area contributed by atoms with Gasteiger partial charge in [-0.3, -0.25) is 4.79 Å². The maximum atomic E-state index is 12.0. The summed E-state index contributed by atoms with van der Waals surface area (Å²) in [6.45, 7) is 1.88. The lowest BCUT2D eigenvalue weighted by Gasteiger charge is -2.08. The molecule has 2 rings (SSSR count). The van der Waals surface area contributed by atoms with Crippen molar-refractivity contribution in [1.29, 1.82) is 0 Å². The number of carbonyl (C=O) groups excluding carboxylic acids is 1. The highest BCUT2D eigenvalue weighted by Crippen LogP contribution is 2.29. The van der Waals surface area contributed by atoms with Crippen LogP contribution in [0.25, 0.3) is 0 Å². The first-order valence-corrected chi connectivity index (χ1v) is 8.20. The molecule has 0 atom stereocenters. The molecule has 1 amide bonds. The predicted molar refractivity (Wildman–Crippen MR) is 79.5 cm³/mol. The van der Waals surface area contributed by atoms with Gasteiger partial charge in [-0.25, -0.2) is 0 Å². The van der Waals surface area contributed by atoms with E-state index in [1.54, 1.807) is 11.3 Å². The molecule has 19 heavy (non-hydrogen) atoms. The number of fused-ring (bicyclic) bond motifs is 1. The van der Waals surface area contributed by atoms with Gasteiger partial charge in [-0.05, 0) is 43.7 Å². The molecule has 0 unspecified atom stereocenters. The van der Waals surface area contributed by atoms with Crippen molar-refractivity contribution >= 4 is 28.8 Å². The molecule has 0 saturated carbocycles. The summed E-state index contributed by atoms with van der Waals surface area (Å²) in [7, 11) is 0. The number of rotatable bonds is 7. The fourth-order valence-electron chi connectivity index (χ4n) is 2.22. The van der Waals surface area contributed by atoms with Crippen LogP contribution in [-0.2, 0) is 17.6 Å². The molecule has 106 valence electrons. The SMILES string of the molecule is O=C(NCCCOCCCl)c1cc2c(s1)CCCC2. The summed E-state index contributed by atoms with van der Waals surface area (Å²) < 4.78 is 5.26. The minimum absolute atomic E-state index is 0.0525. The second-order valence-corrected chi connectivity index (χ2v) is 6.19. The number of ether oxygens (including phenoxy) is 1. The van der Waals surface area contributed by atoms with Gasteiger partial charge < -0.3 is 10.1 Å². The van der Waals surface area contributed by atoms with E-state index in [2.05, 4.69) is 11.4 Å². The van der Waals surface area contributed by atoms with Crippen molar-refractivity contribution in [3.05, 3.63) is 21.4 Å². The Morgan fingerprint density at radius 1 is 1.37 bits per heavy atom. The molecule has 1 aliphatic rings. The van der Waals surface area contributed by atoms with Crippen LogP contribution in [0.3, 0.4) is 0 Å². The van der Waals surface area contributed by atoms with Crippen LogP contribution in [0, 0.1) is 0 Å². The Morgan fingerprint density at radius 3 is 3.00 bits per heavy atom. The Morgan fingerprint density at radius 2 is 2.21 bits per heavy atom. The Hall–Kier alpha value is -0.580. The highest BCUT2D eigenvalue weighted by molar-refractivity contribution is 7.14. The van der Waals surface area contributed by atoms with Gasteiger partial charge in [0.15, 0.2) is 0 Å². The summed E-state index contributed by atoms with van der Waals surface area (Å²) in [4.78, 5) is 14.2. The van der Waals surface area contributed by atoms with Crippen LogP contribution in [0.15, 0.2) is 6.07 Å². The van der Waals surface area contributed by atoms with Gasteiger partial charge in [0.1, 0.15) is 0 Å². The van der Waals surface area contributed by atoms with Crippen LogP contribution in [0.2, 0.25) is 0 Å². The van der Waals surface area contributed by atoms with E-state index in [1.165, 1.54) is 23.3 Å². The molecule has 3 nitrogen and oxygen atoms in total. The number of halogens is 1.